The quantitative estimate of drug-likeness (QED) is 0.666. The van der Waals surface area contributed by atoms with Crippen LogP contribution in [0, 0.1) is 20.8 Å². The van der Waals surface area contributed by atoms with Crippen molar-refractivity contribution in [2.45, 2.75) is 20.8 Å². The molecule has 6 nitrogen and oxygen atoms in total. The first kappa shape index (κ1) is 18.3. The van der Waals surface area contributed by atoms with Crippen LogP contribution in [-0.4, -0.2) is 36.2 Å². The summed E-state index contributed by atoms with van der Waals surface area (Å²) < 4.78 is 10.5. The van der Waals surface area contributed by atoms with Crippen molar-refractivity contribution in [2.24, 2.45) is 0 Å². The highest BCUT2D eigenvalue weighted by Gasteiger charge is 2.18. The lowest BCUT2D eigenvalue weighted by Crippen LogP contribution is -2.11. The van der Waals surface area contributed by atoms with Gasteiger partial charge in [-0.25, -0.2) is 9.97 Å². The van der Waals surface area contributed by atoms with Crippen LogP contribution in [0.25, 0.3) is 10.2 Å². The molecule has 1 amide bonds. The zero-order valence-corrected chi connectivity index (χ0v) is 16.1. The topological polar surface area (TPSA) is 73.3 Å². The van der Waals surface area contributed by atoms with Crippen LogP contribution in [-0.2, 0) is 4.74 Å². The maximum Gasteiger partial charge on any atom is 0.266 e. The number of aryl methyl sites for hydroxylation is 3. The van der Waals surface area contributed by atoms with Crippen LogP contribution in [0.1, 0.15) is 26.8 Å². The molecule has 0 aliphatic heterocycles. The fraction of sp³-hybridized carbons (Fsp3) is 0.316. The molecule has 3 aromatic rings. The van der Waals surface area contributed by atoms with Gasteiger partial charge in [0.15, 0.2) is 0 Å². The van der Waals surface area contributed by atoms with E-state index in [0.717, 1.165) is 27.2 Å². The second kappa shape index (κ2) is 7.80. The summed E-state index contributed by atoms with van der Waals surface area (Å²) >= 11 is 1.39. The molecule has 26 heavy (non-hydrogen) atoms. The first-order valence-corrected chi connectivity index (χ1v) is 9.08. The fourth-order valence-electron chi connectivity index (χ4n) is 2.76. The summed E-state index contributed by atoms with van der Waals surface area (Å²) in [5.74, 6) is 1.31. The van der Waals surface area contributed by atoms with Crippen LogP contribution >= 0.6 is 11.3 Å². The van der Waals surface area contributed by atoms with E-state index in [1.54, 1.807) is 7.11 Å². The average molecular weight is 371 g/mol. The average Bonchev–Trinajstić information content (AvgIpc) is 2.93. The summed E-state index contributed by atoms with van der Waals surface area (Å²) in [5, 5.41) is 3.90. The molecular weight excluding hydrogens is 350 g/mol. The lowest BCUT2D eigenvalue weighted by Gasteiger charge is -2.08. The Kier molecular flexibility index (Phi) is 5.49. The molecule has 0 saturated carbocycles. The summed E-state index contributed by atoms with van der Waals surface area (Å²) in [6.07, 6.45) is 0. The predicted octanol–water partition coefficient (Wildman–Crippen LogP) is 3.89. The fourth-order valence-corrected chi connectivity index (χ4v) is 3.93. The van der Waals surface area contributed by atoms with Crippen LogP contribution in [0.2, 0.25) is 0 Å². The largest absolute Gasteiger partial charge is 0.491 e. The number of benzene rings is 1. The number of aromatic nitrogens is 2. The Hall–Kier alpha value is -2.51. The van der Waals surface area contributed by atoms with Gasteiger partial charge in [-0.1, -0.05) is 0 Å². The van der Waals surface area contributed by atoms with Crippen molar-refractivity contribution in [1.82, 2.24) is 9.97 Å². The summed E-state index contributed by atoms with van der Waals surface area (Å²) in [5.41, 5.74) is 2.53. The van der Waals surface area contributed by atoms with E-state index in [1.165, 1.54) is 11.3 Å². The van der Waals surface area contributed by atoms with Crippen molar-refractivity contribution >= 4 is 33.1 Å². The minimum absolute atomic E-state index is 0.143. The van der Waals surface area contributed by atoms with E-state index in [9.17, 15) is 4.79 Å². The smallest absolute Gasteiger partial charge is 0.266 e. The van der Waals surface area contributed by atoms with Crippen molar-refractivity contribution in [3.05, 3.63) is 46.2 Å². The number of hydrogen-bond donors (Lipinski definition) is 1. The molecule has 0 bridgehead atoms. The number of carbonyl (C=O) groups excluding carboxylic acids is 1. The molecule has 0 radical (unpaired) electrons. The lowest BCUT2D eigenvalue weighted by molar-refractivity contribution is 0.103. The van der Waals surface area contributed by atoms with Crippen molar-refractivity contribution in [1.29, 1.82) is 0 Å². The van der Waals surface area contributed by atoms with E-state index in [1.807, 2.05) is 45.0 Å². The maximum atomic E-state index is 12.7. The number of ether oxygens (including phenoxy) is 2. The molecule has 1 N–H and O–H groups in total. The Morgan fingerprint density at radius 3 is 2.54 bits per heavy atom. The number of anilines is 1. The minimum atomic E-state index is -0.143. The highest BCUT2D eigenvalue weighted by Crippen LogP contribution is 2.31. The predicted molar refractivity (Wildman–Crippen MR) is 103 cm³/mol. The molecule has 3 rings (SSSR count). The second-order valence-corrected chi connectivity index (χ2v) is 6.91. The van der Waals surface area contributed by atoms with Gasteiger partial charge in [-0.15, -0.1) is 11.3 Å². The number of methoxy groups -OCH3 is 1. The highest BCUT2D eigenvalue weighted by molar-refractivity contribution is 7.20. The maximum absolute atomic E-state index is 12.7. The molecule has 0 fully saturated rings. The zero-order valence-electron chi connectivity index (χ0n) is 15.3. The first-order valence-electron chi connectivity index (χ1n) is 8.27. The molecule has 0 aliphatic carbocycles. The molecule has 2 aromatic heterocycles. The number of thiophene rings is 1. The minimum Gasteiger partial charge on any atom is -0.491 e. The van der Waals surface area contributed by atoms with Crippen molar-refractivity contribution in [2.75, 3.05) is 25.6 Å². The molecule has 7 heteroatoms. The summed E-state index contributed by atoms with van der Waals surface area (Å²) in [7, 11) is 1.63. The SMILES string of the molecule is COCCOc1ccc(NC(=O)c2sc3nc(C)nc(C)c3c2C)cc1. The molecule has 0 spiro atoms. The summed E-state index contributed by atoms with van der Waals surface area (Å²) in [6.45, 7) is 6.76. The second-order valence-electron chi connectivity index (χ2n) is 5.91. The third-order valence-corrected chi connectivity index (χ3v) is 5.14. The van der Waals surface area contributed by atoms with Gasteiger partial charge in [0.25, 0.3) is 5.91 Å². The first-order chi connectivity index (χ1) is 12.5. The van der Waals surface area contributed by atoms with Crippen molar-refractivity contribution < 1.29 is 14.3 Å². The monoisotopic (exact) mass is 371 g/mol. The molecule has 2 heterocycles. The Morgan fingerprint density at radius 2 is 1.85 bits per heavy atom. The Bertz CT molecular complexity index is 935. The number of hydrogen-bond acceptors (Lipinski definition) is 6. The van der Waals surface area contributed by atoms with Crippen LogP contribution in [0.4, 0.5) is 5.69 Å². The molecule has 0 saturated heterocycles. The molecule has 0 unspecified atom stereocenters. The van der Waals surface area contributed by atoms with Crippen LogP contribution < -0.4 is 10.1 Å². The molecule has 136 valence electrons. The van der Waals surface area contributed by atoms with Crippen molar-refractivity contribution in [3.63, 3.8) is 0 Å². The number of fused-ring (bicyclic) bond motifs is 1. The van der Waals surface area contributed by atoms with E-state index >= 15 is 0 Å². The van der Waals surface area contributed by atoms with E-state index in [-0.39, 0.29) is 5.91 Å². The van der Waals surface area contributed by atoms with Crippen molar-refractivity contribution in [3.8, 4) is 5.75 Å². The van der Waals surface area contributed by atoms with Gasteiger partial charge < -0.3 is 14.8 Å². The van der Waals surface area contributed by atoms with E-state index in [2.05, 4.69) is 15.3 Å². The Morgan fingerprint density at radius 1 is 1.12 bits per heavy atom. The summed E-state index contributed by atoms with van der Waals surface area (Å²) in [6, 6.07) is 7.28. The van der Waals surface area contributed by atoms with E-state index in [0.29, 0.717) is 29.6 Å². The number of nitrogens with zero attached hydrogens (tertiary/aromatic N) is 2. The summed E-state index contributed by atoms with van der Waals surface area (Å²) in [4.78, 5) is 23.1. The number of amides is 1. The van der Waals surface area contributed by atoms with Crippen LogP contribution in [0.5, 0.6) is 5.75 Å². The molecular formula is C19H21N3O3S. The molecule has 1 aromatic carbocycles. The van der Waals surface area contributed by atoms with Gasteiger partial charge in [-0.2, -0.15) is 0 Å². The van der Waals surface area contributed by atoms with Gasteiger partial charge in [0.05, 0.1) is 11.5 Å². The third-order valence-electron chi connectivity index (χ3n) is 3.96. The molecule has 0 aliphatic rings. The van der Waals surface area contributed by atoms with Gasteiger partial charge >= 0.3 is 0 Å². The van der Waals surface area contributed by atoms with Gasteiger partial charge in [0.2, 0.25) is 0 Å². The van der Waals surface area contributed by atoms with Gasteiger partial charge in [0, 0.05) is 23.9 Å². The van der Waals surface area contributed by atoms with Crippen LogP contribution in [0.15, 0.2) is 24.3 Å². The number of rotatable bonds is 6. The molecule has 0 atom stereocenters. The zero-order chi connectivity index (χ0) is 18.7. The van der Waals surface area contributed by atoms with Gasteiger partial charge in [-0.05, 0) is 50.6 Å². The van der Waals surface area contributed by atoms with E-state index in [4.69, 9.17) is 9.47 Å². The highest BCUT2D eigenvalue weighted by atomic mass is 32.1. The normalized spacial score (nSPS) is 10.9. The van der Waals surface area contributed by atoms with Gasteiger partial charge in [0.1, 0.15) is 23.0 Å². The Balaban J connectivity index is 1.77. The lowest BCUT2D eigenvalue weighted by atomic mass is 10.1. The van der Waals surface area contributed by atoms with Gasteiger partial charge in [-0.3, -0.25) is 4.79 Å². The number of carbonyl (C=O) groups is 1. The Labute approximate surface area is 156 Å². The number of nitrogens with one attached hydrogen (secondary N) is 1. The van der Waals surface area contributed by atoms with E-state index < -0.39 is 0 Å². The third kappa shape index (κ3) is 3.84. The van der Waals surface area contributed by atoms with Crippen LogP contribution in [0.3, 0.4) is 0 Å². The standard InChI is InChI=1S/C19H21N3O3S/c1-11-16-12(2)20-13(3)21-19(16)26-17(11)18(23)22-14-5-7-15(8-6-14)25-10-9-24-4/h5-8H,9-10H2,1-4H3,(H,22,23).